The minimum Gasteiger partial charge on any atom is -0.345 e. The minimum atomic E-state index is -0.286. The Hall–Kier alpha value is -1.67. The molecular formula is C19H25Cl2N5OS. The highest BCUT2D eigenvalue weighted by molar-refractivity contribution is 7.13. The van der Waals surface area contributed by atoms with Gasteiger partial charge in [0, 0.05) is 13.6 Å². The zero-order chi connectivity index (χ0) is 18.3. The van der Waals surface area contributed by atoms with Crippen LogP contribution in [0.25, 0.3) is 21.6 Å². The SMILES string of the molecule is Cc1nn(C)c2nc(-c3cccs3)cc(C(=O)NC3(CN)CCCC3)c12.Cl.Cl. The number of aryl methyl sites for hydroxylation is 2. The first kappa shape index (κ1) is 22.6. The predicted molar refractivity (Wildman–Crippen MR) is 119 cm³/mol. The molecule has 9 heteroatoms. The maximum Gasteiger partial charge on any atom is 0.252 e. The van der Waals surface area contributed by atoms with Gasteiger partial charge in [0.2, 0.25) is 0 Å². The molecule has 0 atom stereocenters. The van der Waals surface area contributed by atoms with Crippen molar-refractivity contribution in [2.75, 3.05) is 6.54 Å². The molecule has 0 unspecified atom stereocenters. The van der Waals surface area contributed by atoms with Crippen LogP contribution in [0.5, 0.6) is 0 Å². The van der Waals surface area contributed by atoms with E-state index in [-0.39, 0.29) is 36.3 Å². The zero-order valence-electron chi connectivity index (χ0n) is 15.9. The smallest absolute Gasteiger partial charge is 0.252 e. The largest absolute Gasteiger partial charge is 0.345 e. The van der Waals surface area contributed by atoms with Gasteiger partial charge in [0.25, 0.3) is 5.91 Å². The first-order valence-electron chi connectivity index (χ1n) is 8.94. The Labute approximate surface area is 180 Å². The van der Waals surface area contributed by atoms with Crippen molar-refractivity contribution in [2.24, 2.45) is 12.8 Å². The Morgan fingerprint density at radius 1 is 1.36 bits per heavy atom. The molecule has 3 N–H and O–H groups in total. The highest BCUT2D eigenvalue weighted by Gasteiger charge is 2.35. The second-order valence-electron chi connectivity index (χ2n) is 7.09. The van der Waals surface area contributed by atoms with E-state index in [4.69, 9.17) is 10.7 Å². The van der Waals surface area contributed by atoms with Crippen molar-refractivity contribution in [3.8, 4) is 10.6 Å². The average Bonchev–Trinajstić information content (AvgIpc) is 3.37. The molecule has 1 amide bonds. The van der Waals surface area contributed by atoms with E-state index in [0.29, 0.717) is 12.1 Å². The van der Waals surface area contributed by atoms with Crippen LogP contribution in [0, 0.1) is 6.92 Å². The van der Waals surface area contributed by atoms with Gasteiger partial charge in [-0.1, -0.05) is 18.9 Å². The lowest BCUT2D eigenvalue weighted by molar-refractivity contribution is 0.0904. The predicted octanol–water partition coefficient (Wildman–Crippen LogP) is 3.85. The van der Waals surface area contributed by atoms with Crippen LogP contribution in [0.3, 0.4) is 0 Å². The summed E-state index contributed by atoms with van der Waals surface area (Å²) in [5.41, 5.74) is 8.69. The van der Waals surface area contributed by atoms with Gasteiger partial charge in [0.05, 0.1) is 32.8 Å². The van der Waals surface area contributed by atoms with Gasteiger partial charge in [-0.15, -0.1) is 36.2 Å². The number of nitrogens with one attached hydrogen (secondary N) is 1. The number of thiophene rings is 1. The van der Waals surface area contributed by atoms with E-state index in [1.165, 1.54) is 0 Å². The second-order valence-corrected chi connectivity index (χ2v) is 8.03. The third kappa shape index (κ3) is 3.89. The van der Waals surface area contributed by atoms with E-state index < -0.39 is 0 Å². The van der Waals surface area contributed by atoms with E-state index >= 15 is 0 Å². The monoisotopic (exact) mass is 441 g/mol. The number of aromatic nitrogens is 3. The molecule has 0 aromatic carbocycles. The van der Waals surface area contributed by atoms with E-state index in [2.05, 4.69) is 10.4 Å². The molecule has 0 radical (unpaired) electrons. The van der Waals surface area contributed by atoms with Crippen LogP contribution in [0.1, 0.15) is 41.7 Å². The maximum atomic E-state index is 13.2. The molecule has 152 valence electrons. The fourth-order valence-electron chi connectivity index (χ4n) is 3.91. The third-order valence-corrected chi connectivity index (χ3v) is 6.21. The van der Waals surface area contributed by atoms with Gasteiger partial charge in [0.15, 0.2) is 5.65 Å². The van der Waals surface area contributed by atoms with Crippen molar-refractivity contribution >= 4 is 53.1 Å². The summed E-state index contributed by atoms with van der Waals surface area (Å²) in [6.07, 6.45) is 4.09. The summed E-state index contributed by atoms with van der Waals surface area (Å²) in [6.45, 7) is 2.39. The summed E-state index contributed by atoms with van der Waals surface area (Å²) in [7, 11) is 1.86. The van der Waals surface area contributed by atoms with Crippen molar-refractivity contribution in [3.63, 3.8) is 0 Å². The van der Waals surface area contributed by atoms with Crippen LogP contribution in [0.2, 0.25) is 0 Å². The number of carbonyl (C=O) groups is 1. The number of rotatable bonds is 4. The summed E-state index contributed by atoms with van der Waals surface area (Å²) in [6, 6.07) is 5.89. The molecule has 0 saturated heterocycles. The number of amides is 1. The Balaban J connectivity index is 0.00000140. The number of pyridine rings is 1. The molecular weight excluding hydrogens is 417 g/mol. The second kappa shape index (κ2) is 8.78. The fraction of sp³-hybridized carbons (Fsp3) is 0.421. The number of nitrogens with zero attached hydrogens (tertiary/aromatic N) is 3. The lowest BCUT2D eigenvalue weighted by atomic mass is 9.96. The Morgan fingerprint density at radius 2 is 2.07 bits per heavy atom. The molecule has 6 nitrogen and oxygen atoms in total. The van der Waals surface area contributed by atoms with Gasteiger partial charge in [0.1, 0.15) is 0 Å². The van der Waals surface area contributed by atoms with Gasteiger partial charge in [-0.25, -0.2) is 4.98 Å². The van der Waals surface area contributed by atoms with E-state index in [9.17, 15) is 4.79 Å². The summed E-state index contributed by atoms with van der Waals surface area (Å²) < 4.78 is 1.74. The maximum absolute atomic E-state index is 13.2. The summed E-state index contributed by atoms with van der Waals surface area (Å²) >= 11 is 1.61. The van der Waals surface area contributed by atoms with Crippen LogP contribution in [-0.2, 0) is 7.05 Å². The van der Waals surface area contributed by atoms with Crippen molar-refractivity contribution in [1.29, 1.82) is 0 Å². The first-order chi connectivity index (χ1) is 12.5. The Bertz CT molecular complexity index is 965. The highest BCUT2D eigenvalue weighted by atomic mass is 35.5. The molecule has 0 aliphatic heterocycles. The minimum absolute atomic E-state index is 0. The molecule has 0 spiro atoms. The first-order valence-corrected chi connectivity index (χ1v) is 9.82. The number of carbonyl (C=O) groups excluding carboxylic acids is 1. The zero-order valence-corrected chi connectivity index (χ0v) is 18.3. The molecule has 1 fully saturated rings. The molecule has 1 aliphatic rings. The molecule has 3 aromatic heterocycles. The standard InChI is InChI=1S/C19H23N5OS.2ClH/c1-12-16-13(18(25)22-19(11-20)7-3-4-8-19)10-14(15-6-5-9-26-15)21-17(16)24(2)23-12;;/h5-6,9-10H,3-4,7-8,11,20H2,1-2H3,(H,22,25);2*1H. The van der Waals surface area contributed by atoms with Gasteiger partial charge in [-0.05, 0) is 37.3 Å². The number of hydrogen-bond donors (Lipinski definition) is 2. The van der Waals surface area contributed by atoms with E-state index in [1.54, 1.807) is 16.0 Å². The number of fused-ring (bicyclic) bond motifs is 1. The van der Waals surface area contributed by atoms with Crippen molar-refractivity contribution in [1.82, 2.24) is 20.1 Å². The average molecular weight is 442 g/mol. The van der Waals surface area contributed by atoms with Crippen LogP contribution in [0.15, 0.2) is 23.6 Å². The van der Waals surface area contributed by atoms with Crippen molar-refractivity contribution in [2.45, 2.75) is 38.1 Å². The van der Waals surface area contributed by atoms with Crippen LogP contribution in [0.4, 0.5) is 0 Å². The number of nitrogens with two attached hydrogens (primary N) is 1. The highest BCUT2D eigenvalue weighted by Crippen LogP contribution is 2.32. The van der Waals surface area contributed by atoms with Crippen molar-refractivity contribution in [3.05, 3.63) is 34.8 Å². The molecule has 0 bridgehead atoms. The van der Waals surface area contributed by atoms with Crippen LogP contribution >= 0.6 is 36.2 Å². The van der Waals surface area contributed by atoms with Gasteiger partial charge in [-0.2, -0.15) is 5.10 Å². The lowest BCUT2D eigenvalue weighted by Crippen LogP contribution is -2.51. The molecule has 3 aromatic rings. The molecule has 3 heterocycles. The Kier molecular flexibility index (Phi) is 7.09. The number of halogens is 2. The summed E-state index contributed by atoms with van der Waals surface area (Å²) in [5.74, 6) is -0.0846. The normalized spacial score (nSPS) is 15.1. The lowest BCUT2D eigenvalue weighted by Gasteiger charge is -2.29. The molecule has 28 heavy (non-hydrogen) atoms. The summed E-state index contributed by atoms with van der Waals surface area (Å²) in [4.78, 5) is 19.0. The molecule has 1 saturated carbocycles. The topological polar surface area (TPSA) is 85.8 Å². The molecule has 1 aliphatic carbocycles. The summed E-state index contributed by atoms with van der Waals surface area (Å²) in [5, 5.41) is 10.5. The van der Waals surface area contributed by atoms with Crippen LogP contribution < -0.4 is 11.1 Å². The quantitative estimate of drug-likeness (QED) is 0.643. The van der Waals surface area contributed by atoms with Crippen LogP contribution in [-0.4, -0.2) is 32.8 Å². The Morgan fingerprint density at radius 3 is 2.68 bits per heavy atom. The molecule has 4 rings (SSSR count). The number of hydrogen-bond acceptors (Lipinski definition) is 5. The van der Waals surface area contributed by atoms with E-state index in [0.717, 1.165) is 53.0 Å². The van der Waals surface area contributed by atoms with E-state index in [1.807, 2.05) is 37.6 Å². The third-order valence-electron chi connectivity index (χ3n) is 5.32. The van der Waals surface area contributed by atoms with Gasteiger partial charge >= 0.3 is 0 Å². The van der Waals surface area contributed by atoms with Gasteiger partial charge in [-0.3, -0.25) is 9.48 Å². The van der Waals surface area contributed by atoms with Crippen molar-refractivity contribution < 1.29 is 4.79 Å². The fourth-order valence-corrected chi connectivity index (χ4v) is 4.60. The van der Waals surface area contributed by atoms with Gasteiger partial charge < -0.3 is 11.1 Å².